The van der Waals surface area contributed by atoms with Crippen LogP contribution in [-0.2, 0) is 31.6 Å². The number of carbonyl (C=O) groups excluding carboxylic acids is 1. The van der Waals surface area contributed by atoms with E-state index in [0.29, 0.717) is 19.6 Å². The van der Waals surface area contributed by atoms with E-state index in [1.54, 1.807) is 0 Å². The number of carbonyl (C=O) groups is 2. The number of nitrogens with zero attached hydrogens (tertiary/aromatic N) is 2. The van der Waals surface area contributed by atoms with Crippen LogP contribution in [-0.4, -0.2) is 47.5 Å². The van der Waals surface area contributed by atoms with Gasteiger partial charge < -0.3 is 14.7 Å². The maximum absolute atomic E-state index is 12.1. The molecule has 0 radical (unpaired) electrons. The van der Waals surface area contributed by atoms with Crippen LogP contribution in [0.4, 0.5) is 11.4 Å². The van der Waals surface area contributed by atoms with Crippen LogP contribution in [0.5, 0.6) is 0 Å². The van der Waals surface area contributed by atoms with Crippen molar-refractivity contribution in [1.82, 2.24) is 0 Å². The van der Waals surface area contributed by atoms with Crippen molar-refractivity contribution >= 4 is 72.6 Å². The molecular formula is C54H49N2O4+. The van der Waals surface area contributed by atoms with Crippen molar-refractivity contribution in [3.05, 3.63) is 180 Å². The quantitative estimate of drug-likeness (QED) is 0.0439. The number of benzene rings is 7. The molecule has 0 spiro atoms. The van der Waals surface area contributed by atoms with Gasteiger partial charge in [-0.05, 0) is 95.3 Å². The summed E-state index contributed by atoms with van der Waals surface area (Å²) < 4.78 is 7.62. The Labute approximate surface area is 351 Å². The molecule has 7 aromatic rings. The molecule has 60 heavy (non-hydrogen) atoms. The molecule has 7 aromatic carbocycles. The number of fused-ring (bicyclic) bond motifs is 12. The summed E-state index contributed by atoms with van der Waals surface area (Å²) in [5.74, 6) is -0.823. The fourth-order valence-electron chi connectivity index (χ4n) is 10.3. The number of hydrogen-bond donors (Lipinski definition) is 1. The molecule has 1 unspecified atom stereocenters. The third-order valence-electron chi connectivity index (χ3n) is 12.9. The van der Waals surface area contributed by atoms with Crippen molar-refractivity contribution in [2.75, 3.05) is 24.6 Å². The van der Waals surface area contributed by atoms with Crippen molar-refractivity contribution in [2.24, 2.45) is 0 Å². The first kappa shape index (κ1) is 38.7. The number of anilines is 1. The molecule has 0 amide bonds. The Morgan fingerprint density at radius 3 is 1.88 bits per heavy atom. The summed E-state index contributed by atoms with van der Waals surface area (Å²) in [4.78, 5) is 25.9. The molecule has 0 aromatic heterocycles. The van der Waals surface area contributed by atoms with Crippen LogP contribution >= 0.6 is 0 Å². The number of carboxylic acid groups (broad SMARTS) is 1. The molecule has 0 fully saturated rings. The average Bonchev–Trinajstić information content (AvgIpc) is 3.63. The summed E-state index contributed by atoms with van der Waals surface area (Å²) in [5.41, 5.74) is 8.60. The highest BCUT2D eigenvalue weighted by Gasteiger charge is 2.48. The molecule has 2 aliphatic heterocycles. The number of allylic oxidation sites excluding steroid dienone is 6. The molecule has 0 saturated heterocycles. The van der Waals surface area contributed by atoms with Gasteiger partial charge in [-0.15, -0.1) is 0 Å². The lowest BCUT2D eigenvalue weighted by atomic mass is 9.73. The smallest absolute Gasteiger partial charge is 0.309 e. The number of aliphatic carboxylic acids is 1. The highest BCUT2D eigenvalue weighted by molar-refractivity contribution is 6.19. The lowest BCUT2D eigenvalue weighted by Crippen LogP contribution is -2.32. The molecule has 1 N–H and O–H groups in total. The first-order valence-corrected chi connectivity index (χ1v) is 20.8. The van der Waals surface area contributed by atoms with Crippen molar-refractivity contribution < 1.29 is 24.0 Å². The molecule has 6 nitrogen and oxygen atoms in total. The first-order chi connectivity index (χ1) is 29.1. The van der Waals surface area contributed by atoms with Gasteiger partial charge in [-0.1, -0.05) is 133 Å². The summed E-state index contributed by atoms with van der Waals surface area (Å²) in [6.07, 6.45) is 11.5. The van der Waals surface area contributed by atoms with Crippen LogP contribution in [0, 0.1) is 6.92 Å². The van der Waals surface area contributed by atoms with Gasteiger partial charge in [-0.3, -0.25) is 9.59 Å². The molecule has 2 heterocycles. The van der Waals surface area contributed by atoms with E-state index in [-0.39, 0.29) is 13.0 Å². The Morgan fingerprint density at radius 1 is 0.700 bits per heavy atom. The van der Waals surface area contributed by atoms with Gasteiger partial charge in [0.2, 0.25) is 5.69 Å². The SMILES string of the molecule is Cc1ccccc1CC1(C)/C(=C/C=C/C=C/C2=[N+](CCC(=O)O)c3c(c4ccccc4c4ccccc34)C2(C)C)N(CCOC=O)c2c1c1ccccc1c1ccccc21. The van der Waals surface area contributed by atoms with Crippen LogP contribution in [0.1, 0.15) is 49.4 Å². The Morgan fingerprint density at radius 2 is 1.25 bits per heavy atom. The fraction of sp³-hybridized carbons (Fsp3) is 0.204. The van der Waals surface area contributed by atoms with E-state index in [0.717, 1.165) is 40.0 Å². The van der Waals surface area contributed by atoms with Gasteiger partial charge in [0, 0.05) is 28.1 Å². The predicted octanol–water partition coefficient (Wildman–Crippen LogP) is 11.6. The number of ether oxygens (including phenoxy) is 1. The Hall–Kier alpha value is -6.79. The molecule has 2 aliphatic rings. The molecule has 1 atom stereocenters. The lowest BCUT2D eigenvalue weighted by Gasteiger charge is -2.31. The Balaban J connectivity index is 1.20. The van der Waals surface area contributed by atoms with Gasteiger partial charge >= 0.3 is 5.97 Å². The summed E-state index contributed by atoms with van der Waals surface area (Å²) in [6, 6.07) is 43.0. The Kier molecular flexibility index (Phi) is 9.95. The van der Waals surface area contributed by atoms with E-state index in [1.165, 1.54) is 54.6 Å². The van der Waals surface area contributed by atoms with Crippen LogP contribution in [0.25, 0.3) is 43.1 Å². The van der Waals surface area contributed by atoms with E-state index >= 15 is 0 Å². The Bertz CT molecular complexity index is 3010. The van der Waals surface area contributed by atoms with Gasteiger partial charge in [-0.2, -0.15) is 4.58 Å². The zero-order valence-corrected chi connectivity index (χ0v) is 34.6. The number of carboxylic acids is 1. The molecule has 0 bridgehead atoms. The average molecular weight is 790 g/mol. The molecule has 6 heteroatoms. The lowest BCUT2D eigenvalue weighted by molar-refractivity contribution is -0.435. The van der Waals surface area contributed by atoms with Crippen LogP contribution in [0.3, 0.4) is 0 Å². The van der Waals surface area contributed by atoms with E-state index in [9.17, 15) is 14.7 Å². The minimum absolute atomic E-state index is 0.0169. The molecule has 298 valence electrons. The van der Waals surface area contributed by atoms with Gasteiger partial charge in [0.05, 0.1) is 23.0 Å². The van der Waals surface area contributed by atoms with Crippen molar-refractivity contribution in [2.45, 2.75) is 51.4 Å². The number of aryl methyl sites for hydroxylation is 1. The third-order valence-corrected chi connectivity index (χ3v) is 12.9. The zero-order valence-electron chi connectivity index (χ0n) is 34.6. The molecule has 0 saturated carbocycles. The normalized spacial score (nSPS) is 17.9. The van der Waals surface area contributed by atoms with E-state index in [2.05, 4.69) is 189 Å². The maximum Gasteiger partial charge on any atom is 0.309 e. The first-order valence-electron chi connectivity index (χ1n) is 20.8. The largest absolute Gasteiger partial charge is 0.481 e. The third kappa shape index (κ3) is 6.29. The van der Waals surface area contributed by atoms with Crippen LogP contribution in [0.2, 0.25) is 0 Å². The van der Waals surface area contributed by atoms with E-state index < -0.39 is 16.8 Å². The second-order valence-corrected chi connectivity index (χ2v) is 16.8. The van der Waals surface area contributed by atoms with Crippen molar-refractivity contribution in [3.8, 4) is 0 Å². The maximum atomic E-state index is 12.1. The predicted molar refractivity (Wildman–Crippen MR) is 246 cm³/mol. The number of rotatable bonds is 12. The van der Waals surface area contributed by atoms with E-state index in [4.69, 9.17) is 4.74 Å². The highest BCUT2D eigenvalue weighted by Crippen LogP contribution is 2.56. The second-order valence-electron chi connectivity index (χ2n) is 16.8. The molecule has 0 aliphatic carbocycles. The van der Waals surface area contributed by atoms with Crippen LogP contribution < -0.4 is 4.90 Å². The van der Waals surface area contributed by atoms with Crippen molar-refractivity contribution in [3.63, 3.8) is 0 Å². The topological polar surface area (TPSA) is 69.8 Å². The standard InChI is InChI=1S/C54H48N2O4/c1-36-18-8-9-19-37(36)34-54(4)47(56(32-33-60-35-57)52-45-27-17-13-23-41(45)39-21-11-15-25-43(39)50(52)54)29-7-5-6-28-46-53(2,3)49-42-24-14-10-20-38(42)40-22-12-16-26-44(40)51(49)55(46)31-30-48(58)59/h5-29,35H,30-34H2,1-4H3/p+1. The van der Waals surface area contributed by atoms with Gasteiger partial charge in [0.1, 0.15) is 13.0 Å². The summed E-state index contributed by atoms with van der Waals surface area (Å²) in [5, 5.41) is 19.4. The van der Waals surface area contributed by atoms with Crippen molar-refractivity contribution in [1.29, 1.82) is 0 Å². The minimum Gasteiger partial charge on any atom is -0.481 e. The zero-order chi connectivity index (χ0) is 41.6. The fourth-order valence-corrected chi connectivity index (χ4v) is 10.3. The van der Waals surface area contributed by atoms with E-state index in [1.807, 2.05) is 0 Å². The minimum atomic E-state index is -0.823. The van der Waals surface area contributed by atoms with Gasteiger partial charge in [0.25, 0.3) is 6.47 Å². The monoisotopic (exact) mass is 789 g/mol. The second kappa shape index (κ2) is 15.4. The summed E-state index contributed by atoms with van der Waals surface area (Å²) >= 11 is 0. The highest BCUT2D eigenvalue weighted by atomic mass is 16.5. The summed E-state index contributed by atoms with van der Waals surface area (Å²) in [6.45, 7) is 10.7. The molecule has 9 rings (SSSR count). The van der Waals surface area contributed by atoms with Gasteiger partial charge in [0.15, 0.2) is 12.3 Å². The summed E-state index contributed by atoms with van der Waals surface area (Å²) in [7, 11) is 0. The molecular weight excluding hydrogens is 741 g/mol. The van der Waals surface area contributed by atoms with Crippen LogP contribution in [0.15, 0.2) is 157 Å². The van der Waals surface area contributed by atoms with Gasteiger partial charge in [-0.25, -0.2) is 0 Å². The number of hydrogen-bond acceptors (Lipinski definition) is 4.